The van der Waals surface area contributed by atoms with Crippen LogP contribution in [0.5, 0.6) is 0 Å². The minimum absolute atomic E-state index is 0.0522. The topological polar surface area (TPSA) is 49.3 Å². The summed E-state index contributed by atoms with van der Waals surface area (Å²) in [5.41, 5.74) is 2.07. The van der Waals surface area contributed by atoms with Gasteiger partial charge < -0.3 is 10.4 Å². The SMILES string of the molecule is O=C(NCCCO)c1ccc(C2CCCCC2)cc1. The molecule has 1 amide bonds. The Morgan fingerprint density at radius 2 is 1.84 bits per heavy atom. The molecule has 3 nitrogen and oxygen atoms in total. The molecule has 1 aromatic carbocycles. The molecule has 0 spiro atoms. The van der Waals surface area contributed by atoms with Gasteiger partial charge in [-0.1, -0.05) is 31.4 Å². The molecular formula is C16H23NO2. The van der Waals surface area contributed by atoms with Gasteiger partial charge in [-0.05, 0) is 42.9 Å². The van der Waals surface area contributed by atoms with Gasteiger partial charge in [-0.2, -0.15) is 0 Å². The summed E-state index contributed by atoms with van der Waals surface area (Å²) < 4.78 is 0. The van der Waals surface area contributed by atoms with Crippen LogP contribution in [-0.2, 0) is 0 Å². The maximum absolute atomic E-state index is 11.8. The highest BCUT2D eigenvalue weighted by molar-refractivity contribution is 5.94. The lowest BCUT2D eigenvalue weighted by molar-refractivity contribution is 0.0951. The molecule has 0 aromatic heterocycles. The van der Waals surface area contributed by atoms with E-state index in [2.05, 4.69) is 17.4 Å². The van der Waals surface area contributed by atoms with E-state index in [0.717, 1.165) is 0 Å². The number of aliphatic hydroxyl groups excluding tert-OH is 1. The molecule has 1 saturated carbocycles. The lowest BCUT2D eigenvalue weighted by Gasteiger charge is -2.22. The van der Waals surface area contributed by atoms with Crippen LogP contribution in [0.15, 0.2) is 24.3 Å². The summed E-state index contributed by atoms with van der Waals surface area (Å²) in [5, 5.41) is 11.5. The van der Waals surface area contributed by atoms with E-state index in [1.54, 1.807) is 0 Å². The van der Waals surface area contributed by atoms with Crippen molar-refractivity contribution >= 4 is 5.91 Å². The fourth-order valence-corrected chi connectivity index (χ4v) is 2.73. The molecule has 0 saturated heterocycles. The number of aliphatic hydroxyl groups is 1. The number of hydrogen-bond donors (Lipinski definition) is 2. The fraction of sp³-hybridized carbons (Fsp3) is 0.562. The zero-order chi connectivity index (χ0) is 13.5. The Bertz CT molecular complexity index is 394. The Balaban J connectivity index is 1.91. The fourth-order valence-electron chi connectivity index (χ4n) is 2.73. The molecule has 3 heteroatoms. The highest BCUT2D eigenvalue weighted by Gasteiger charge is 2.15. The summed E-state index contributed by atoms with van der Waals surface area (Å²) in [6.07, 6.45) is 7.18. The molecule has 1 aromatic rings. The van der Waals surface area contributed by atoms with Crippen molar-refractivity contribution in [2.24, 2.45) is 0 Å². The standard InChI is InChI=1S/C16H23NO2/c18-12-4-11-17-16(19)15-9-7-14(8-10-15)13-5-2-1-3-6-13/h7-10,13,18H,1-6,11-12H2,(H,17,19). The predicted octanol–water partition coefficient (Wildman–Crippen LogP) is 2.85. The van der Waals surface area contributed by atoms with Crippen LogP contribution >= 0.6 is 0 Å². The van der Waals surface area contributed by atoms with Gasteiger partial charge in [-0.3, -0.25) is 4.79 Å². The van der Waals surface area contributed by atoms with Crippen LogP contribution in [0.1, 0.15) is 60.4 Å². The average Bonchev–Trinajstić information content (AvgIpc) is 2.48. The Morgan fingerprint density at radius 1 is 1.16 bits per heavy atom. The van der Waals surface area contributed by atoms with Crippen molar-refractivity contribution in [3.05, 3.63) is 35.4 Å². The first-order chi connectivity index (χ1) is 9.31. The van der Waals surface area contributed by atoms with Gasteiger partial charge in [-0.25, -0.2) is 0 Å². The summed E-state index contributed by atoms with van der Waals surface area (Å²) in [6, 6.07) is 8.02. The summed E-state index contributed by atoms with van der Waals surface area (Å²) in [7, 11) is 0. The van der Waals surface area contributed by atoms with Crippen LogP contribution < -0.4 is 5.32 Å². The summed E-state index contributed by atoms with van der Waals surface area (Å²) in [6.45, 7) is 0.639. The maximum Gasteiger partial charge on any atom is 0.251 e. The Labute approximate surface area is 115 Å². The minimum atomic E-state index is -0.0522. The van der Waals surface area contributed by atoms with E-state index < -0.39 is 0 Å². The molecule has 0 aliphatic heterocycles. The monoisotopic (exact) mass is 261 g/mol. The second kappa shape index (κ2) is 7.29. The second-order valence-electron chi connectivity index (χ2n) is 5.29. The lowest BCUT2D eigenvalue weighted by Crippen LogP contribution is -2.25. The summed E-state index contributed by atoms with van der Waals surface area (Å²) in [5.74, 6) is 0.629. The molecule has 19 heavy (non-hydrogen) atoms. The third-order valence-corrected chi connectivity index (χ3v) is 3.87. The van der Waals surface area contributed by atoms with Gasteiger partial charge in [0, 0.05) is 18.7 Å². The third-order valence-electron chi connectivity index (χ3n) is 3.87. The first kappa shape index (κ1) is 14.1. The van der Waals surface area contributed by atoms with Crippen molar-refractivity contribution in [2.45, 2.75) is 44.4 Å². The van der Waals surface area contributed by atoms with Crippen molar-refractivity contribution < 1.29 is 9.90 Å². The van der Waals surface area contributed by atoms with Gasteiger partial charge in [0.05, 0.1) is 0 Å². The van der Waals surface area contributed by atoms with E-state index >= 15 is 0 Å². The molecule has 0 heterocycles. The van der Waals surface area contributed by atoms with Gasteiger partial charge in [-0.15, -0.1) is 0 Å². The number of carbonyl (C=O) groups excluding carboxylic acids is 1. The molecule has 0 bridgehead atoms. The van der Waals surface area contributed by atoms with E-state index in [0.29, 0.717) is 24.4 Å². The normalized spacial score (nSPS) is 16.3. The molecule has 1 aliphatic carbocycles. The van der Waals surface area contributed by atoms with Gasteiger partial charge >= 0.3 is 0 Å². The van der Waals surface area contributed by atoms with Crippen LogP contribution in [0.3, 0.4) is 0 Å². The summed E-state index contributed by atoms with van der Waals surface area (Å²) >= 11 is 0. The molecule has 1 aliphatic rings. The van der Waals surface area contributed by atoms with Gasteiger partial charge in [0.1, 0.15) is 0 Å². The minimum Gasteiger partial charge on any atom is -0.396 e. The third kappa shape index (κ3) is 4.06. The Morgan fingerprint density at radius 3 is 2.47 bits per heavy atom. The Hall–Kier alpha value is -1.35. The number of benzene rings is 1. The van der Waals surface area contributed by atoms with E-state index in [1.807, 2.05) is 12.1 Å². The highest BCUT2D eigenvalue weighted by Crippen LogP contribution is 2.32. The van der Waals surface area contributed by atoms with Gasteiger partial charge in [0.2, 0.25) is 0 Å². The van der Waals surface area contributed by atoms with Crippen molar-refractivity contribution in [1.29, 1.82) is 0 Å². The average molecular weight is 261 g/mol. The molecular weight excluding hydrogens is 238 g/mol. The smallest absolute Gasteiger partial charge is 0.251 e. The van der Waals surface area contributed by atoms with E-state index in [9.17, 15) is 4.79 Å². The number of amides is 1. The second-order valence-corrected chi connectivity index (χ2v) is 5.29. The van der Waals surface area contributed by atoms with Crippen molar-refractivity contribution in [3.8, 4) is 0 Å². The quantitative estimate of drug-likeness (QED) is 0.801. The summed E-state index contributed by atoms with van der Waals surface area (Å²) in [4.78, 5) is 11.8. The number of carbonyl (C=O) groups is 1. The highest BCUT2D eigenvalue weighted by atomic mass is 16.3. The van der Waals surface area contributed by atoms with E-state index in [-0.39, 0.29) is 12.5 Å². The van der Waals surface area contributed by atoms with Crippen LogP contribution in [0, 0.1) is 0 Å². The van der Waals surface area contributed by atoms with Crippen LogP contribution in [-0.4, -0.2) is 24.2 Å². The zero-order valence-electron chi connectivity index (χ0n) is 11.4. The van der Waals surface area contributed by atoms with Crippen molar-refractivity contribution in [1.82, 2.24) is 5.32 Å². The molecule has 0 radical (unpaired) electrons. The number of rotatable bonds is 5. The molecule has 1 fully saturated rings. The van der Waals surface area contributed by atoms with Gasteiger partial charge in [0.25, 0.3) is 5.91 Å². The van der Waals surface area contributed by atoms with Gasteiger partial charge in [0.15, 0.2) is 0 Å². The first-order valence-corrected chi connectivity index (χ1v) is 7.30. The van der Waals surface area contributed by atoms with Crippen LogP contribution in [0.25, 0.3) is 0 Å². The largest absolute Gasteiger partial charge is 0.396 e. The molecule has 2 rings (SSSR count). The lowest BCUT2D eigenvalue weighted by atomic mass is 9.84. The van der Waals surface area contributed by atoms with Crippen molar-refractivity contribution in [2.75, 3.05) is 13.2 Å². The first-order valence-electron chi connectivity index (χ1n) is 7.30. The molecule has 0 atom stereocenters. The van der Waals surface area contributed by atoms with Crippen molar-refractivity contribution in [3.63, 3.8) is 0 Å². The zero-order valence-corrected chi connectivity index (χ0v) is 11.4. The van der Waals surface area contributed by atoms with Crippen LogP contribution in [0.4, 0.5) is 0 Å². The Kier molecular flexibility index (Phi) is 5.40. The van der Waals surface area contributed by atoms with E-state index in [1.165, 1.54) is 37.7 Å². The molecule has 2 N–H and O–H groups in total. The number of hydrogen-bond acceptors (Lipinski definition) is 2. The van der Waals surface area contributed by atoms with E-state index in [4.69, 9.17) is 5.11 Å². The van der Waals surface area contributed by atoms with Crippen LogP contribution in [0.2, 0.25) is 0 Å². The number of nitrogens with one attached hydrogen (secondary N) is 1. The molecule has 0 unspecified atom stereocenters. The predicted molar refractivity (Wildman–Crippen MR) is 76.3 cm³/mol. The maximum atomic E-state index is 11.8. The molecule has 104 valence electrons.